The summed E-state index contributed by atoms with van der Waals surface area (Å²) in [7, 11) is 3.33. The van der Waals surface area contributed by atoms with E-state index >= 15 is 0 Å². The van der Waals surface area contributed by atoms with Crippen molar-refractivity contribution in [1.29, 1.82) is 0 Å². The van der Waals surface area contributed by atoms with Gasteiger partial charge in [0.05, 0.1) is 19.3 Å². The Kier molecular flexibility index (Phi) is 4.76. The zero-order valence-corrected chi connectivity index (χ0v) is 11.7. The summed E-state index contributed by atoms with van der Waals surface area (Å²) in [6.07, 6.45) is 2.78. The molecule has 0 saturated carbocycles. The van der Waals surface area contributed by atoms with Crippen LogP contribution in [0.4, 0.5) is 0 Å². The number of nitrogens with one attached hydrogen (secondary N) is 1. The minimum absolute atomic E-state index is 0.117. The first-order valence-electron chi connectivity index (χ1n) is 6.59. The van der Waals surface area contributed by atoms with Gasteiger partial charge >= 0.3 is 0 Å². The van der Waals surface area contributed by atoms with E-state index in [4.69, 9.17) is 4.74 Å². The Bertz CT molecular complexity index is 484. The summed E-state index contributed by atoms with van der Waals surface area (Å²) in [6, 6.07) is 7.29. The quantitative estimate of drug-likeness (QED) is 0.786. The topological polar surface area (TPSA) is 61.8 Å². The number of methoxy groups -OCH3 is 1. The van der Waals surface area contributed by atoms with Crippen LogP contribution in [0, 0.1) is 0 Å². The zero-order valence-electron chi connectivity index (χ0n) is 11.7. The monoisotopic (exact) mass is 276 g/mol. The van der Waals surface area contributed by atoms with E-state index < -0.39 is 6.10 Å². The highest BCUT2D eigenvalue weighted by Gasteiger charge is 2.30. The van der Waals surface area contributed by atoms with E-state index in [0.29, 0.717) is 13.1 Å². The second-order valence-electron chi connectivity index (χ2n) is 4.85. The van der Waals surface area contributed by atoms with Crippen molar-refractivity contribution in [3.05, 3.63) is 35.9 Å². The summed E-state index contributed by atoms with van der Waals surface area (Å²) in [5.41, 5.74) is 0.928. The van der Waals surface area contributed by atoms with Gasteiger partial charge in [-0.15, -0.1) is 0 Å². The number of rotatable bonds is 4. The number of aliphatic hydroxyl groups excluding tert-OH is 1. The van der Waals surface area contributed by atoms with Crippen LogP contribution < -0.4 is 10.1 Å². The fourth-order valence-corrected chi connectivity index (χ4v) is 2.21. The summed E-state index contributed by atoms with van der Waals surface area (Å²) in [6.45, 7) is 1.16. The van der Waals surface area contributed by atoms with Crippen LogP contribution in [0.3, 0.4) is 0 Å². The van der Waals surface area contributed by atoms with Gasteiger partial charge in [0.2, 0.25) is 5.91 Å². The predicted molar refractivity (Wildman–Crippen MR) is 77.5 cm³/mol. The first kappa shape index (κ1) is 14.6. The molecule has 0 spiro atoms. The number of carbonyl (C=O) groups excluding carboxylic acids is 1. The van der Waals surface area contributed by atoms with Crippen molar-refractivity contribution in [2.45, 2.75) is 12.1 Å². The smallest absolute Gasteiger partial charge is 0.246 e. The molecule has 20 heavy (non-hydrogen) atoms. The Balaban J connectivity index is 1.97. The second kappa shape index (κ2) is 6.54. The summed E-state index contributed by atoms with van der Waals surface area (Å²) < 4.78 is 5.08. The van der Waals surface area contributed by atoms with E-state index in [9.17, 15) is 9.90 Å². The lowest BCUT2D eigenvalue weighted by Crippen LogP contribution is -2.43. The molecule has 1 saturated heterocycles. The van der Waals surface area contributed by atoms with Crippen LogP contribution in [0.5, 0.6) is 5.75 Å². The molecule has 1 fully saturated rings. The fraction of sp³-hybridized carbons (Fsp3) is 0.400. The highest BCUT2D eigenvalue weighted by molar-refractivity contribution is 5.91. The number of amides is 1. The molecule has 1 aromatic carbocycles. The van der Waals surface area contributed by atoms with Crippen molar-refractivity contribution in [2.24, 2.45) is 0 Å². The van der Waals surface area contributed by atoms with Crippen LogP contribution in [0.1, 0.15) is 5.56 Å². The van der Waals surface area contributed by atoms with Gasteiger partial charge in [0.1, 0.15) is 5.75 Å². The molecule has 5 heteroatoms. The maximum atomic E-state index is 12.0. The lowest BCUT2D eigenvalue weighted by atomic mass is 10.1. The molecule has 2 rings (SSSR count). The SMILES string of the molecule is COc1ccc(/C=C/C(=O)N(C)[C@@H]2CNC[C@H]2O)cc1. The Morgan fingerprint density at radius 3 is 2.65 bits per heavy atom. The van der Waals surface area contributed by atoms with Gasteiger partial charge in [-0.25, -0.2) is 0 Å². The number of carbonyl (C=O) groups is 1. The summed E-state index contributed by atoms with van der Waals surface area (Å²) in [5.74, 6) is 0.666. The van der Waals surface area contributed by atoms with Crippen LogP contribution in [0.25, 0.3) is 6.08 Å². The third kappa shape index (κ3) is 3.37. The molecule has 1 heterocycles. The molecule has 0 aliphatic carbocycles. The van der Waals surface area contributed by atoms with Crippen molar-refractivity contribution >= 4 is 12.0 Å². The molecule has 5 nitrogen and oxygen atoms in total. The number of aliphatic hydroxyl groups is 1. The number of hydrogen-bond acceptors (Lipinski definition) is 4. The average Bonchev–Trinajstić information content (AvgIpc) is 2.90. The van der Waals surface area contributed by atoms with Gasteiger partial charge < -0.3 is 20.1 Å². The highest BCUT2D eigenvalue weighted by atomic mass is 16.5. The Morgan fingerprint density at radius 1 is 1.40 bits per heavy atom. The van der Waals surface area contributed by atoms with Crippen LogP contribution >= 0.6 is 0 Å². The minimum Gasteiger partial charge on any atom is -0.497 e. The lowest BCUT2D eigenvalue weighted by Gasteiger charge is -2.25. The maximum Gasteiger partial charge on any atom is 0.246 e. The van der Waals surface area contributed by atoms with Gasteiger partial charge in [0.25, 0.3) is 0 Å². The normalized spacial score (nSPS) is 22.1. The van der Waals surface area contributed by atoms with Crippen molar-refractivity contribution in [2.75, 3.05) is 27.2 Å². The van der Waals surface area contributed by atoms with Crippen molar-refractivity contribution in [3.63, 3.8) is 0 Å². The molecule has 1 aromatic rings. The molecule has 2 N–H and O–H groups in total. The molecule has 0 bridgehead atoms. The molecule has 0 radical (unpaired) electrons. The van der Waals surface area contributed by atoms with Gasteiger partial charge in [-0.3, -0.25) is 4.79 Å². The average molecular weight is 276 g/mol. The third-order valence-corrected chi connectivity index (χ3v) is 3.53. The summed E-state index contributed by atoms with van der Waals surface area (Å²) in [5, 5.41) is 12.8. The van der Waals surface area contributed by atoms with Crippen LogP contribution in [-0.4, -0.2) is 55.3 Å². The number of β-amino-alcohol motifs (C(OH)–C–C–N with tert-alkyl or cyclic N) is 1. The molecule has 0 aromatic heterocycles. The predicted octanol–water partition coefficient (Wildman–Crippen LogP) is 0.499. The molecule has 1 aliphatic rings. The summed E-state index contributed by atoms with van der Waals surface area (Å²) in [4.78, 5) is 13.6. The van der Waals surface area contributed by atoms with Gasteiger partial charge in [-0.05, 0) is 23.8 Å². The van der Waals surface area contributed by atoms with E-state index in [0.717, 1.165) is 11.3 Å². The van der Waals surface area contributed by atoms with Crippen molar-refractivity contribution < 1.29 is 14.6 Å². The lowest BCUT2D eigenvalue weighted by molar-refractivity contribution is -0.127. The number of ether oxygens (including phenoxy) is 1. The van der Waals surface area contributed by atoms with Crippen LogP contribution in [0.15, 0.2) is 30.3 Å². The van der Waals surface area contributed by atoms with Crippen molar-refractivity contribution in [1.82, 2.24) is 10.2 Å². The zero-order chi connectivity index (χ0) is 14.5. The fourth-order valence-electron chi connectivity index (χ4n) is 2.21. The molecule has 1 aliphatic heterocycles. The van der Waals surface area contributed by atoms with E-state index in [1.807, 2.05) is 24.3 Å². The number of nitrogens with zero attached hydrogens (tertiary/aromatic N) is 1. The van der Waals surface area contributed by atoms with Gasteiger partial charge in [0, 0.05) is 26.2 Å². The first-order chi connectivity index (χ1) is 9.61. The van der Waals surface area contributed by atoms with E-state index in [2.05, 4.69) is 5.32 Å². The molecule has 0 unspecified atom stereocenters. The maximum absolute atomic E-state index is 12.0. The minimum atomic E-state index is -0.502. The Morgan fingerprint density at radius 2 is 2.10 bits per heavy atom. The van der Waals surface area contributed by atoms with E-state index in [-0.39, 0.29) is 11.9 Å². The standard InChI is InChI=1S/C15H20N2O3/c1-17(13-9-16-10-14(13)18)15(19)8-5-11-3-6-12(20-2)7-4-11/h3-8,13-14,16,18H,9-10H2,1-2H3/b8-5+/t13-,14-/m1/s1. The third-order valence-electron chi connectivity index (χ3n) is 3.53. The first-order valence-corrected chi connectivity index (χ1v) is 6.59. The number of hydrogen-bond donors (Lipinski definition) is 2. The molecule has 2 atom stereocenters. The van der Waals surface area contributed by atoms with E-state index in [1.54, 1.807) is 25.1 Å². The van der Waals surface area contributed by atoms with Gasteiger partial charge in [-0.2, -0.15) is 0 Å². The van der Waals surface area contributed by atoms with Crippen LogP contribution in [0.2, 0.25) is 0 Å². The Labute approximate surface area is 118 Å². The van der Waals surface area contributed by atoms with E-state index in [1.165, 1.54) is 6.08 Å². The summed E-state index contributed by atoms with van der Waals surface area (Å²) >= 11 is 0. The molecular weight excluding hydrogens is 256 g/mol. The Hall–Kier alpha value is -1.85. The molecule has 108 valence electrons. The molecular formula is C15H20N2O3. The van der Waals surface area contributed by atoms with Crippen molar-refractivity contribution in [3.8, 4) is 5.75 Å². The largest absolute Gasteiger partial charge is 0.497 e. The van der Waals surface area contributed by atoms with Gasteiger partial charge in [-0.1, -0.05) is 12.1 Å². The van der Waals surface area contributed by atoms with Crippen LogP contribution in [-0.2, 0) is 4.79 Å². The number of likely N-dealkylation sites (N-methyl/N-ethyl adjacent to an activating group) is 1. The second-order valence-corrected chi connectivity index (χ2v) is 4.85. The highest BCUT2D eigenvalue weighted by Crippen LogP contribution is 2.13. The number of benzene rings is 1. The van der Waals surface area contributed by atoms with Gasteiger partial charge in [0.15, 0.2) is 0 Å². The molecule has 1 amide bonds.